The fourth-order valence-electron chi connectivity index (χ4n) is 2.58. The van der Waals surface area contributed by atoms with Crippen LogP contribution in [-0.2, 0) is 18.9 Å². The molecule has 0 saturated heterocycles. The first-order valence-electron chi connectivity index (χ1n) is 8.56. The maximum Gasteiger partial charge on any atom is 0.191 e. The van der Waals surface area contributed by atoms with E-state index in [0.29, 0.717) is 6.61 Å². The molecule has 0 aliphatic carbocycles. The summed E-state index contributed by atoms with van der Waals surface area (Å²) >= 11 is 5.16. The number of aromatic nitrogens is 3. The van der Waals surface area contributed by atoms with Crippen molar-refractivity contribution >= 4 is 27.7 Å². The van der Waals surface area contributed by atoms with Crippen molar-refractivity contribution in [2.24, 2.45) is 0 Å². The molecule has 1 aromatic heterocycles. The van der Waals surface area contributed by atoms with E-state index < -0.39 is 0 Å². The first-order valence-corrected chi connectivity index (χ1v) is 10.3. The lowest BCUT2D eigenvalue weighted by molar-refractivity contribution is 0.286. The summed E-state index contributed by atoms with van der Waals surface area (Å²) in [4.78, 5) is 0. The molecule has 0 radical (unpaired) electrons. The molecule has 0 aliphatic rings. The number of hydrogen-bond acceptors (Lipinski definition) is 4. The second-order valence-corrected chi connectivity index (χ2v) is 7.97. The topological polar surface area (TPSA) is 39.9 Å². The van der Waals surface area contributed by atoms with Crippen LogP contribution >= 0.6 is 27.7 Å². The SMILES string of the molecule is CCn1c(COc2cc(C)ccc2C)nnc1SCc1ccc(Br)cc1. The molecule has 6 heteroatoms. The van der Waals surface area contributed by atoms with Gasteiger partial charge in [0.15, 0.2) is 11.0 Å². The highest BCUT2D eigenvalue weighted by Gasteiger charge is 2.12. The van der Waals surface area contributed by atoms with Crippen molar-refractivity contribution in [2.75, 3.05) is 0 Å². The molecule has 0 N–H and O–H groups in total. The van der Waals surface area contributed by atoms with Crippen LogP contribution in [0.1, 0.15) is 29.4 Å². The normalized spacial score (nSPS) is 10.9. The second-order valence-electron chi connectivity index (χ2n) is 6.12. The van der Waals surface area contributed by atoms with E-state index in [1.165, 1.54) is 11.1 Å². The summed E-state index contributed by atoms with van der Waals surface area (Å²) in [6.07, 6.45) is 0. The summed E-state index contributed by atoms with van der Waals surface area (Å²) in [7, 11) is 0. The Labute approximate surface area is 167 Å². The quantitative estimate of drug-likeness (QED) is 0.459. The highest BCUT2D eigenvalue weighted by atomic mass is 79.9. The first-order chi connectivity index (χ1) is 12.6. The van der Waals surface area contributed by atoms with Crippen LogP contribution in [0.15, 0.2) is 52.1 Å². The van der Waals surface area contributed by atoms with Crippen molar-refractivity contribution in [3.8, 4) is 5.75 Å². The van der Waals surface area contributed by atoms with Crippen LogP contribution in [0.5, 0.6) is 5.75 Å². The zero-order valence-electron chi connectivity index (χ0n) is 15.2. The average molecular weight is 432 g/mol. The summed E-state index contributed by atoms with van der Waals surface area (Å²) in [5, 5.41) is 9.62. The Morgan fingerprint density at radius 3 is 2.58 bits per heavy atom. The van der Waals surface area contributed by atoms with Gasteiger partial charge in [-0.15, -0.1) is 10.2 Å². The zero-order valence-corrected chi connectivity index (χ0v) is 17.6. The maximum atomic E-state index is 6.00. The van der Waals surface area contributed by atoms with E-state index in [2.05, 4.69) is 93.9 Å². The summed E-state index contributed by atoms with van der Waals surface area (Å²) in [5.41, 5.74) is 3.58. The molecule has 0 bridgehead atoms. The Morgan fingerprint density at radius 2 is 1.85 bits per heavy atom. The zero-order chi connectivity index (χ0) is 18.5. The van der Waals surface area contributed by atoms with E-state index in [1.807, 2.05) is 0 Å². The van der Waals surface area contributed by atoms with Gasteiger partial charge in [0.1, 0.15) is 12.4 Å². The first kappa shape index (κ1) is 19.0. The number of thioether (sulfide) groups is 1. The Kier molecular flexibility index (Phi) is 6.38. The number of aryl methyl sites for hydroxylation is 2. The third-order valence-electron chi connectivity index (χ3n) is 4.09. The van der Waals surface area contributed by atoms with E-state index in [4.69, 9.17) is 4.74 Å². The summed E-state index contributed by atoms with van der Waals surface area (Å²) in [6, 6.07) is 14.6. The third kappa shape index (κ3) is 4.68. The van der Waals surface area contributed by atoms with Crippen LogP contribution in [0.3, 0.4) is 0 Å². The molecule has 3 aromatic rings. The molecule has 3 rings (SSSR count). The van der Waals surface area contributed by atoms with Gasteiger partial charge in [0.2, 0.25) is 0 Å². The van der Waals surface area contributed by atoms with Crippen molar-refractivity contribution in [2.45, 2.75) is 44.8 Å². The van der Waals surface area contributed by atoms with E-state index in [-0.39, 0.29) is 0 Å². The predicted octanol–water partition coefficient (Wildman–Crippen LogP) is 5.55. The summed E-state index contributed by atoms with van der Waals surface area (Å²) in [6.45, 7) is 7.47. The van der Waals surface area contributed by atoms with Crippen LogP contribution in [0.25, 0.3) is 0 Å². The average Bonchev–Trinajstić information content (AvgIpc) is 3.04. The Bertz CT molecular complexity index is 877. The Balaban J connectivity index is 1.67. The van der Waals surface area contributed by atoms with Gasteiger partial charge in [-0.05, 0) is 55.7 Å². The van der Waals surface area contributed by atoms with Gasteiger partial charge in [0.25, 0.3) is 0 Å². The molecule has 26 heavy (non-hydrogen) atoms. The van der Waals surface area contributed by atoms with Crippen molar-refractivity contribution in [3.05, 3.63) is 69.5 Å². The van der Waals surface area contributed by atoms with Gasteiger partial charge in [-0.1, -0.05) is 52.0 Å². The number of rotatable bonds is 7. The number of nitrogens with zero attached hydrogens (tertiary/aromatic N) is 3. The van der Waals surface area contributed by atoms with E-state index in [0.717, 1.165) is 39.1 Å². The van der Waals surface area contributed by atoms with Crippen LogP contribution in [0.2, 0.25) is 0 Å². The van der Waals surface area contributed by atoms with Gasteiger partial charge in [0, 0.05) is 16.8 Å². The van der Waals surface area contributed by atoms with Gasteiger partial charge >= 0.3 is 0 Å². The van der Waals surface area contributed by atoms with Crippen LogP contribution in [0, 0.1) is 13.8 Å². The molecule has 4 nitrogen and oxygen atoms in total. The summed E-state index contributed by atoms with van der Waals surface area (Å²) < 4.78 is 9.21. The Morgan fingerprint density at radius 1 is 1.08 bits per heavy atom. The smallest absolute Gasteiger partial charge is 0.191 e. The monoisotopic (exact) mass is 431 g/mol. The lowest BCUT2D eigenvalue weighted by atomic mass is 10.1. The molecule has 1 heterocycles. The standard InChI is InChI=1S/C20H22BrN3OS/c1-4-24-19(12-25-18-11-14(2)5-6-15(18)3)22-23-20(24)26-13-16-7-9-17(21)10-8-16/h5-11H,4,12-13H2,1-3H3. The maximum absolute atomic E-state index is 6.00. The van der Waals surface area contributed by atoms with Gasteiger partial charge in [-0.3, -0.25) is 0 Å². The Hall–Kier alpha value is -1.79. The van der Waals surface area contributed by atoms with Crippen LogP contribution < -0.4 is 4.74 Å². The third-order valence-corrected chi connectivity index (χ3v) is 5.66. The van der Waals surface area contributed by atoms with Crippen LogP contribution in [-0.4, -0.2) is 14.8 Å². The van der Waals surface area contributed by atoms with Gasteiger partial charge in [-0.25, -0.2) is 0 Å². The summed E-state index contributed by atoms with van der Waals surface area (Å²) in [5.74, 6) is 2.62. The number of hydrogen-bond donors (Lipinski definition) is 0. The molecule has 0 spiro atoms. The second kappa shape index (κ2) is 8.73. The number of benzene rings is 2. The van der Waals surface area contributed by atoms with Crippen molar-refractivity contribution < 1.29 is 4.74 Å². The lowest BCUT2D eigenvalue weighted by Gasteiger charge is -2.11. The van der Waals surface area contributed by atoms with Gasteiger partial charge in [-0.2, -0.15) is 0 Å². The molecule has 0 unspecified atom stereocenters. The predicted molar refractivity (Wildman–Crippen MR) is 110 cm³/mol. The van der Waals surface area contributed by atoms with E-state index in [1.54, 1.807) is 11.8 Å². The molecule has 2 aromatic carbocycles. The molecular formula is C20H22BrN3OS. The minimum absolute atomic E-state index is 0.421. The molecule has 0 fully saturated rings. The van der Waals surface area contributed by atoms with Gasteiger partial charge in [0.05, 0.1) is 0 Å². The molecular weight excluding hydrogens is 410 g/mol. The van der Waals surface area contributed by atoms with E-state index >= 15 is 0 Å². The minimum Gasteiger partial charge on any atom is -0.485 e. The number of halogens is 1. The molecule has 0 aliphatic heterocycles. The van der Waals surface area contributed by atoms with Crippen molar-refractivity contribution in [1.29, 1.82) is 0 Å². The highest BCUT2D eigenvalue weighted by Crippen LogP contribution is 2.24. The van der Waals surface area contributed by atoms with Crippen LogP contribution in [0.4, 0.5) is 0 Å². The number of ether oxygens (including phenoxy) is 1. The highest BCUT2D eigenvalue weighted by molar-refractivity contribution is 9.10. The van der Waals surface area contributed by atoms with Crippen molar-refractivity contribution in [1.82, 2.24) is 14.8 Å². The molecule has 0 saturated carbocycles. The largest absolute Gasteiger partial charge is 0.485 e. The van der Waals surface area contributed by atoms with Gasteiger partial charge < -0.3 is 9.30 Å². The molecule has 0 amide bonds. The minimum atomic E-state index is 0.421. The van der Waals surface area contributed by atoms with Crippen molar-refractivity contribution in [3.63, 3.8) is 0 Å². The lowest BCUT2D eigenvalue weighted by Crippen LogP contribution is -2.07. The molecule has 136 valence electrons. The fourth-order valence-corrected chi connectivity index (χ4v) is 3.83. The van der Waals surface area contributed by atoms with E-state index in [9.17, 15) is 0 Å². The fraction of sp³-hybridized carbons (Fsp3) is 0.300. The molecule has 0 atom stereocenters.